The van der Waals surface area contributed by atoms with Crippen molar-refractivity contribution in [3.05, 3.63) is 58.9 Å². The Morgan fingerprint density at radius 2 is 1.95 bits per heavy atom. The van der Waals surface area contributed by atoms with Crippen molar-refractivity contribution in [1.82, 2.24) is 0 Å². The molecule has 0 heterocycles. The topological polar surface area (TPSA) is 21.3 Å². The molecule has 0 aliphatic carbocycles. The van der Waals surface area contributed by atoms with Crippen molar-refractivity contribution in [1.29, 1.82) is 0 Å². The van der Waals surface area contributed by atoms with Crippen molar-refractivity contribution in [3.8, 4) is 5.75 Å². The Labute approximate surface area is 123 Å². The van der Waals surface area contributed by atoms with Gasteiger partial charge in [0.05, 0.1) is 16.8 Å². The highest BCUT2D eigenvalue weighted by Crippen LogP contribution is 2.25. The number of rotatable bonds is 5. The van der Waals surface area contributed by atoms with E-state index in [1.54, 1.807) is 12.1 Å². The molecule has 0 radical (unpaired) electrons. The number of anilines is 1. The fourth-order valence-electron chi connectivity index (χ4n) is 1.82. The molecule has 0 fully saturated rings. The summed E-state index contributed by atoms with van der Waals surface area (Å²) in [5, 5.41) is 3.38. The minimum atomic E-state index is -0.405. The van der Waals surface area contributed by atoms with E-state index in [4.69, 9.17) is 16.3 Å². The lowest BCUT2D eigenvalue weighted by molar-refractivity contribution is 0.243. The van der Waals surface area contributed by atoms with Gasteiger partial charge in [0.2, 0.25) is 0 Å². The third-order valence-electron chi connectivity index (χ3n) is 2.72. The number of halogens is 2. The van der Waals surface area contributed by atoms with Crippen molar-refractivity contribution >= 4 is 17.3 Å². The second-order valence-corrected chi connectivity index (χ2v) is 5.17. The first-order chi connectivity index (χ1) is 9.56. The van der Waals surface area contributed by atoms with Crippen molar-refractivity contribution in [2.45, 2.75) is 26.5 Å². The van der Waals surface area contributed by atoms with Gasteiger partial charge in [-0.15, -0.1) is 0 Å². The Balaban J connectivity index is 2.08. The van der Waals surface area contributed by atoms with E-state index < -0.39 is 5.82 Å². The SMILES string of the molecule is CC(C)Oc1ccccc1NCc1ccc(Cl)c(F)c1. The van der Waals surface area contributed by atoms with E-state index in [0.717, 1.165) is 17.0 Å². The van der Waals surface area contributed by atoms with Crippen LogP contribution < -0.4 is 10.1 Å². The van der Waals surface area contributed by atoms with Crippen molar-refractivity contribution in [2.24, 2.45) is 0 Å². The zero-order chi connectivity index (χ0) is 14.5. The highest BCUT2D eigenvalue weighted by Gasteiger charge is 2.05. The maximum absolute atomic E-state index is 13.4. The highest BCUT2D eigenvalue weighted by atomic mass is 35.5. The smallest absolute Gasteiger partial charge is 0.142 e. The molecule has 2 aromatic rings. The Kier molecular flexibility index (Phi) is 4.85. The molecule has 106 valence electrons. The Hall–Kier alpha value is -1.74. The predicted octanol–water partition coefficient (Wildman–Crippen LogP) is 4.88. The average Bonchev–Trinajstić information content (AvgIpc) is 2.41. The zero-order valence-corrected chi connectivity index (χ0v) is 12.2. The fraction of sp³-hybridized carbons (Fsp3) is 0.250. The number of ether oxygens (including phenoxy) is 1. The van der Waals surface area contributed by atoms with E-state index in [-0.39, 0.29) is 11.1 Å². The molecule has 0 amide bonds. The summed E-state index contributed by atoms with van der Waals surface area (Å²) in [6.45, 7) is 4.46. The molecule has 0 unspecified atom stereocenters. The van der Waals surface area contributed by atoms with Gasteiger partial charge in [-0.1, -0.05) is 29.8 Å². The van der Waals surface area contributed by atoms with E-state index in [1.165, 1.54) is 6.07 Å². The summed E-state index contributed by atoms with van der Waals surface area (Å²) in [5.74, 6) is 0.384. The maximum Gasteiger partial charge on any atom is 0.142 e. The van der Waals surface area contributed by atoms with Gasteiger partial charge in [-0.05, 0) is 43.7 Å². The average molecular weight is 294 g/mol. The summed E-state index contributed by atoms with van der Waals surface area (Å²) in [6, 6.07) is 12.5. The highest BCUT2D eigenvalue weighted by molar-refractivity contribution is 6.30. The largest absolute Gasteiger partial charge is 0.489 e. The molecule has 0 atom stereocenters. The van der Waals surface area contributed by atoms with Gasteiger partial charge in [-0.25, -0.2) is 4.39 Å². The van der Waals surface area contributed by atoms with Crippen LogP contribution in [0.25, 0.3) is 0 Å². The second-order valence-electron chi connectivity index (χ2n) is 4.76. The molecule has 20 heavy (non-hydrogen) atoms. The molecule has 1 N–H and O–H groups in total. The van der Waals surface area contributed by atoms with E-state index in [1.807, 2.05) is 38.1 Å². The summed E-state index contributed by atoms with van der Waals surface area (Å²) < 4.78 is 19.1. The quantitative estimate of drug-likeness (QED) is 0.848. The van der Waals surface area contributed by atoms with Crippen LogP contribution in [0.2, 0.25) is 5.02 Å². The van der Waals surface area contributed by atoms with E-state index >= 15 is 0 Å². The van der Waals surface area contributed by atoms with Gasteiger partial charge in [0, 0.05) is 6.54 Å². The number of para-hydroxylation sites is 2. The monoisotopic (exact) mass is 293 g/mol. The summed E-state index contributed by atoms with van der Waals surface area (Å²) in [7, 11) is 0. The van der Waals surface area contributed by atoms with Crippen molar-refractivity contribution in [3.63, 3.8) is 0 Å². The molecule has 0 aliphatic heterocycles. The third-order valence-corrected chi connectivity index (χ3v) is 3.02. The summed E-state index contributed by atoms with van der Waals surface area (Å²) in [6.07, 6.45) is 0.103. The molecule has 0 bridgehead atoms. The van der Waals surface area contributed by atoms with E-state index in [0.29, 0.717) is 6.54 Å². The molecule has 0 aromatic heterocycles. The molecule has 0 spiro atoms. The van der Waals surface area contributed by atoms with Crippen molar-refractivity contribution < 1.29 is 9.13 Å². The molecule has 2 nitrogen and oxygen atoms in total. The summed E-state index contributed by atoms with van der Waals surface area (Å²) in [5.41, 5.74) is 1.71. The van der Waals surface area contributed by atoms with Gasteiger partial charge >= 0.3 is 0 Å². The Morgan fingerprint density at radius 3 is 2.65 bits per heavy atom. The number of nitrogens with one attached hydrogen (secondary N) is 1. The first kappa shape index (κ1) is 14.7. The van der Waals surface area contributed by atoms with Crippen LogP contribution in [-0.2, 0) is 6.54 Å². The Morgan fingerprint density at radius 1 is 1.20 bits per heavy atom. The third kappa shape index (κ3) is 3.87. The van der Waals surface area contributed by atoms with Gasteiger partial charge in [0.15, 0.2) is 0 Å². The second kappa shape index (κ2) is 6.62. The van der Waals surface area contributed by atoms with Gasteiger partial charge < -0.3 is 10.1 Å². The van der Waals surface area contributed by atoms with Crippen LogP contribution in [-0.4, -0.2) is 6.10 Å². The molecule has 2 rings (SSSR count). The first-order valence-electron chi connectivity index (χ1n) is 6.49. The van der Waals surface area contributed by atoms with Crippen LogP contribution in [0.15, 0.2) is 42.5 Å². The lowest BCUT2D eigenvalue weighted by Gasteiger charge is -2.15. The van der Waals surface area contributed by atoms with Crippen LogP contribution >= 0.6 is 11.6 Å². The van der Waals surface area contributed by atoms with E-state index in [2.05, 4.69) is 5.32 Å². The molecule has 0 saturated carbocycles. The van der Waals surface area contributed by atoms with Gasteiger partial charge in [0.25, 0.3) is 0 Å². The van der Waals surface area contributed by atoms with Crippen LogP contribution in [0.5, 0.6) is 5.75 Å². The predicted molar refractivity (Wildman–Crippen MR) is 80.9 cm³/mol. The summed E-state index contributed by atoms with van der Waals surface area (Å²) in [4.78, 5) is 0. The standard InChI is InChI=1S/C16H17ClFNO/c1-11(2)20-16-6-4-3-5-15(16)19-10-12-7-8-13(17)14(18)9-12/h3-9,11,19H,10H2,1-2H3. The number of benzene rings is 2. The number of hydrogen-bond acceptors (Lipinski definition) is 2. The fourth-order valence-corrected chi connectivity index (χ4v) is 1.93. The number of hydrogen-bond donors (Lipinski definition) is 1. The van der Waals surface area contributed by atoms with Crippen molar-refractivity contribution in [2.75, 3.05) is 5.32 Å². The molecule has 0 saturated heterocycles. The maximum atomic E-state index is 13.4. The zero-order valence-electron chi connectivity index (χ0n) is 11.5. The lowest BCUT2D eigenvalue weighted by Crippen LogP contribution is -2.08. The Bertz CT molecular complexity index is 586. The molecular weight excluding hydrogens is 277 g/mol. The molecule has 0 aliphatic rings. The normalized spacial score (nSPS) is 10.7. The van der Waals surface area contributed by atoms with Crippen LogP contribution in [0.4, 0.5) is 10.1 Å². The minimum Gasteiger partial charge on any atom is -0.489 e. The van der Waals surface area contributed by atoms with Gasteiger partial charge in [-0.2, -0.15) is 0 Å². The van der Waals surface area contributed by atoms with Gasteiger partial charge in [0.1, 0.15) is 11.6 Å². The van der Waals surface area contributed by atoms with E-state index in [9.17, 15) is 4.39 Å². The van der Waals surface area contributed by atoms with Crippen LogP contribution in [0, 0.1) is 5.82 Å². The molecular formula is C16H17ClFNO. The minimum absolute atomic E-state index is 0.103. The molecule has 2 aromatic carbocycles. The summed E-state index contributed by atoms with van der Waals surface area (Å²) >= 11 is 5.66. The van der Waals surface area contributed by atoms with Crippen LogP contribution in [0.3, 0.4) is 0 Å². The first-order valence-corrected chi connectivity index (χ1v) is 6.87. The molecule has 4 heteroatoms. The van der Waals surface area contributed by atoms with Crippen LogP contribution in [0.1, 0.15) is 19.4 Å². The van der Waals surface area contributed by atoms with Gasteiger partial charge in [-0.3, -0.25) is 0 Å². The lowest BCUT2D eigenvalue weighted by atomic mass is 10.2.